The minimum absolute atomic E-state index is 0.0189. The van der Waals surface area contributed by atoms with Crippen LogP contribution in [0.1, 0.15) is 16.7 Å². The minimum atomic E-state index is -0.964. The molecule has 0 aromatic heterocycles. The third-order valence-electron chi connectivity index (χ3n) is 5.10. The van der Waals surface area contributed by atoms with E-state index in [1.54, 1.807) is 18.2 Å². The molecule has 0 unspecified atom stereocenters. The highest BCUT2D eigenvalue weighted by Gasteiger charge is 2.16. The van der Waals surface area contributed by atoms with Crippen LogP contribution in [0.2, 0.25) is 5.02 Å². The number of methoxy groups -OCH3 is 1. The van der Waals surface area contributed by atoms with Crippen molar-refractivity contribution in [1.82, 2.24) is 5.43 Å². The summed E-state index contributed by atoms with van der Waals surface area (Å²) in [6.45, 7) is 3.38. The molecule has 0 radical (unpaired) electrons. The first-order valence-electron chi connectivity index (χ1n) is 10.9. The maximum Gasteiger partial charge on any atom is 0.329 e. The molecular weight excluding hydrogens is 503 g/mol. The summed E-state index contributed by atoms with van der Waals surface area (Å²) in [4.78, 5) is 36.3. The number of anilines is 2. The molecule has 3 aromatic rings. The quantitative estimate of drug-likeness (QED) is 0.231. The molecule has 0 saturated heterocycles. The average molecular weight is 527 g/mol. The van der Waals surface area contributed by atoms with Gasteiger partial charge in [-0.2, -0.15) is 5.10 Å². The largest absolute Gasteiger partial charge is 0.493 e. The molecule has 0 fully saturated rings. The van der Waals surface area contributed by atoms with E-state index in [1.165, 1.54) is 43.7 Å². The molecule has 3 N–H and O–H groups in total. The molecule has 0 heterocycles. The summed E-state index contributed by atoms with van der Waals surface area (Å²) >= 11 is 6.28. The molecule has 3 amide bonds. The van der Waals surface area contributed by atoms with Gasteiger partial charge in [-0.25, -0.2) is 9.82 Å². The van der Waals surface area contributed by atoms with Crippen LogP contribution in [0.3, 0.4) is 0 Å². The summed E-state index contributed by atoms with van der Waals surface area (Å²) in [5, 5.41) is 8.77. The van der Waals surface area contributed by atoms with E-state index >= 15 is 0 Å². The van der Waals surface area contributed by atoms with E-state index in [9.17, 15) is 18.8 Å². The van der Waals surface area contributed by atoms with Crippen LogP contribution in [0.4, 0.5) is 15.8 Å². The SMILES string of the molecule is COc1cc(/C=N\NC(=O)C(=O)Nc2ccc(C)c(C)c2)cc(Cl)c1OCC(=O)Nc1ccccc1F. The van der Waals surface area contributed by atoms with Crippen molar-refractivity contribution >= 4 is 46.9 Å². The molecule has 0 bridgehead atoms. The molecule has 192 valence electrons. The molecule has 0 aliphatic carbocycles. The summed E-state index contributed by atoms with van der Waals surface area (Å²) in [7, 11) is 1.37. The molecule has 0 atom stereocenters. The number of carbonyl (C=O) groups excluding carboxylic acids is 3. The van der Waals surface area contributed by atoms with Gasteiger partial charge in [0.1, 0.15) is 5.82 Å². The molecule has 0 aliphatic rings. The lowest BCUT2D eigenvalue weighted by Gasteiger charge is -2.13. The third-order valence-corrected chi connectivity index (χ3v) is 5.38. The van der Waals surface area contributed by atoms with Crippen molar-refractivity contribution in [2.24, 2.45) is 5.10 Å². The van der Waals surface area contributed by atoms with Crippen LogP contribution in [0.5, 0.6) is 11.5 Å². The first-order valence-corrected chi connectivity index (χ1v) is 11.3. The number of nitrogens with one attached hydrogen (secondary N) is 3. The van der Waals surface area contributed by atoms with Crippen molar-refractivity contribution in [3.63, 3.8) is 0 Å². The minimum Gasteiger partial charge on any atom is -0.493 e. The zero-order chi connectivity index (χ0) is 26.9. The lowest BCUT2D eigenvalue weighted by atomic mass is 10.1. The number of benzene rings is 3. The Morgan fingerprint density at radius 3 is 2.46 bits per heavy atom. The first kappa shape index (κ1) is 27.2. The molecule has 0 spiro atoms. The fourth-order valence-corrected chi connectivity index (χ4v) is 3.34. The van der Waals surface area contributed by atoms with E-state index in [4.69, 9.17) is 21.1 Å². The van der Waals surface area contributed by atoms with Gasteiger partial charge in [-0.05, 0) is 66.9 Å². The zero-order valence-corrected chi connectivity index (χ0v) is 21.0. The van der Waals surface area contributed by atoms with Crippen molar-refractivity contribution in [3.05, 3.63) is 82.1 Å². The second kappa shape index (κ2) is 12.5. The fraction of sp³-hybridized carbons (Fsp3) is 0.154. The van der Waals surface area contributed by atoms with Crippen LogP contribution >= 0.6 is 11.6 Å². The summed E-state index contributed by atoms with van der Waals surface area (Å²) in [5.74, 6) is -2.75. The highest BCUT2D eigenvalue weighted by Crippen LogP contribution is 2.36. The van der Waals surface area contributed by atoms with Gasteiger partial charge in [0, 0.05) is 5.69 Å². The Hall–Kier alpha value is -4.44. The topological polar surface area (TPSA) is 118 Å². The third kappa shape index (κ3) is 7.52. The standard InChI is InChI=1S/C26H24ClFN4O5/c1-15-8-9-18(10-16(15)2)30-25(34)26(35)32-29-13-17-11-19(27)24(22(12-17)36-3)37-14-23(33)31-21-7-5-4-6-20(21)28/h4-13H,14H2,1-3H3,(H,30,34)(H,31,33)(H,32,35)/b29-13-. The summed E-state index contributed by atoms with van der Waals surface area (Å²) in [5.41, 5.74) is 5.09. The Balaban J connectivity index is 1.59. The molecule has 9 nitrogen and oxygen atoms in total. The van der Waals surface area contributed by atoms with Crippen LogP contribution in [0, 0.1) is 19.7 Å². The van der Waals surface area contributed by atoms with Gasteiger partial charge >= 0.3 is 11.8 Å². The maximum atomic E-state index is 13.7. The Morgan fingerprint density at radius 1 is 1.00 bits per heavy atom. The number of halogens is 2. The number of hydrogen-bond donors (Lipinski definition) is 3. The van der Waals surface area contributed by atoms with Crippen molar-refractivity contribution in [3.8, 4) is 11.5 Å². The molecule has 37 heavy (non-hydrogen) atoms. The number of aryl methyl sites for hydroxylation is 2. The summed E-state index contributed by atoms with van der Waals surface area (Å²) < 4.78 is 24.5. The summed E-state index contributed by atoms with van der Waals surface area (Å²) in [6, 6.07) is 14.0. The molecule has 11 heteroatoms. The predicted molar refractivity (Wildman–Crippen MR) is 139 cm³/mol. The number of ether oxygens (including phenoxy) is 2. The van der Waals surface area contributed by atoms with Gasteiger partial charge in [-0.3, -0.25) is 14.4 Å². The maximum absolute atomic E-state index is 13.7. The summed E-state index contributed by atoms with van der Waals surface area (Å²) in [6.07, 6.45) is 1.25. The molecule has 3 rings (SSSR count). The molecular formula is C26H24ClFN4O5. The number of rotatable bonds is 8. The Labute approximate surface area is 217 Å². The Kier molecular flexibility index (Phi) is 9.17. The van der Waals surface area contributed by atoms with Crippen LogP contribution in [-0.4, -0.2) is 37.7 Å². The number of carbonyl (C=O) groups is 3. The smallest absolute Gasteiger partial charge is 0.329 e. The van der Waals surface area contributed by atoms with Gasteiger partial charge in [-0.1, -0.05) is 29.8 Å². The number of amides is 3. The zero-order valence-electron chi connectivity index (χ0n) is 20.2. The Morgan fingerprint density at radius 2 is 1.76 bits per heavy atom. The highest BCUT2D eigenvalue weighted by molar-refractivity contribution is 6.39. The normalized spacial score (nSPS) is 10.6. The van der Waals surface area contributed by atoms with Crippen molar-refractivity contribution in [2.45, 2.75) is 13.8 Å². The monoisotopic (exact) mass is 526 g/mol. The first-order chi connectivity index (χ1) is 17.7. The number of hydrogen-bond acceptors (Lipinski definition) is 6. The van der Waals surface area contributed by atoms with Crippen molar-refractivity contribution in [1.29, 1.82) is 0 Å². The van der Waals surface area contributed by atoms with E-state index in [0.717, 1.165) is 11.1 Å². The average Bonchev–Trinajstić information content (AvgIpc) is 2.86. The second-order valence-electron chi connectivity index (χ2n) is 7.80. The van der Waals surface area contributed by atoms with Crippen molar-refractivity contribution in [2.75, 3.05) is 24.4 Å². The van der Waals surface area contributed by atoms with E-state index in [2.05, 4.69) is 21.2 Å². The number of para-hydroxylation sites is 1. The fourth-order valence-electron chi connectivity index (χ4n) is 3.06. The number of nitrogens with zero attached hydrogens (tertiary/aromatic N) is 1. The van der Waals surface area contributed by atoms with Gasteiger partial charge in [0.25, 0.3) is 5.91 Å². The van der Waals surface area contributed by atoms with E-state index < -0.39 is 30.1 Å². The molecule has 3 aromatic carbocycles. The second-order valence-corrected chi connectivity index (χ2v) is 8.21. The van der Waals surface area contributed by atoms with Crippen LogP contribution < -0.4 is 25.5 Å². The Bertz CT molecular complexity index is 1360. The van der Waals surface area contributed by atoms with Crippen LogP contribution in [0.25, 0.3) is 0 Å². The van der Waals surface area contributed by atoms with E-state index in [1.807, 2.05) is 19.9 Å². The van der Waals surface area contributed by atoms with Crippen LogP contribution in [-0.2, 0) is 14.4 Å². The van der Waals surface area contributed by atoms with Gasteiger partial charge < -0.3 is 20.1 Å². The van der Waals surface area contributed by atoms with Gasteiger partial charge in [0.05, 0.1) is 24.0 Å². The molecule has 0 aliphatic heterocycles. The van der Waals surface area contributed by atoms with Gasteiger partial charge in [-0.15, -0.1) is 0 Å². The predicted octanol–water partition coefficient (Wildman–Crippen LogP) is 4.21. The van der Waals surface area contributed by atoms with E-state index in [0.29, 0.717) is 11.3 Å². The lowest BCUT2D eigenvalue weighted by molar-refractivity contribution is -0.136. The highest BCUT2D eigenvalue weighted by atomic mass is 35.5. The molecule has 0 saturated carbocycles. The van der Waals surface area contributed by atoms with Gasteiger partial charge in [0.15, 0.2) is 18.1 Å². The van der Waals surface area contributed by atoms with Crippen molar-refractivity contribution < 1.29 is 28.2 Å². The lowest BCUT2D eigenvalue weighted by Crippen LogP contribution is -2.32. The van der Waals surface area contributed by atoms with E-state index in [-0.39, 0.29) is 22.2 Å². The number of hydrazone groups is 1. The van der Waals surface area contributed by atoms with Crippen LogP contribution in [0.15, 0.2) is 59.7 Å². The van der Waals surface area contributed by atoms with Gasteiger partial charge in [0.2, 0.25) is 0 Å².